The highest BCUT2D eigenvalue weighted by molar-refractivity contribution is 6.30. The van der Waals surface area contributed by atoms with Crippen LogP contribution in [0.25, 0.3) is 0 Å². The van der Waals surface area contributed by atoms with Gasteiger partial charge in [0.2, 0.25) is 11.8 Å². The molecule has 5 nitrogen and oxygen atoms in total. The highest BCUT2D eigenvalue weighted by Crippen LogP contribution is 2.14. The average molecular weight is 401 g/mol. The van der Waals surface area contributed by atoms with Crippen molar-refractivity contribution in [3.8, 4) is 5.75 Å². The number of methoxy groups -OCH3 is 1. The number of rotatable bonds is 6. The van der Waals surface area contributed by atoms with E-state index in [2.05, 4.69) is 0 Å². The Morgan fingerprint density at radius 2 is 1.39 bits per heavy atom. The highest BCUT2D eigenvalue weighted by atomic mass is 35.5. The summed E-state index contributed by atoms with van der Waals surface area (Å²) < 4.78 is 5.14. The fraction of sp³-hybridized carbons (Fsp3) is 0.364. The Morgan fingerprint density at radius 3 is 1.96 bits per heavy atom. The zero-order chi connectivity index (χ0) is 19.9. The minimum atomic E-state index is 0.0958. The summed E-state index contributed by atoms with van der Waals surface area (Å²) in [4.78, 5) is 28.7. The molecule has 148 valence electrons. The van der Waals surface area contributed by atoms with Crippen LogP contribution in [0.15, 0.2) is 48.5 Å². The van der Waals surface area contributed by atoms with Crippen LogP contribution in [0.2, 0.25) is 5.02 Å². The number of carbonyl (C=O) groups is 2. The number of hydrogen-bond donors (Lipinski definition) is 0. The maximum atomic E-state index is 12.5. The standard InChI is InChI=1S/C22H25ClN2O3/c1-28-20-9-4-18(5-10-20)16-22(27)25-14-12-24(13-15-25)21(26)11-6-17-2-7-19(23)8-3-17/h2-5,7-10H,6,11-16H2,1H3. The molecule has 0 bridgehead atoms. The van der Waals surface area contributed by atoms with Gasteiger partial charge in [-0.25, -0.2) is 0 Å². The molecule has 2 aromatic rings. The quantitative estimate of drug-likeness (QED) is 0.748. The molecule has 0 saturated carbocycles. The summed E-state index contributed by atoms with van der Waals surface area (Å²) in [5.74, 6) is 1.01. The van der Waals surface area contributed by atoms with Gasteiger partial charge in [-0.05, 0) is 41.8 Å². The van der Waals surface area contributed by atoms with Gasteiger partial charge in [0.1, 0.15) is 5.75 Å². The van der Waals surface area contributed by atoms with E-state index in [4.69, 9.17) is 16.3 Å². The van der Waals surface area contributed by atoms with Gasteiger partial charge in [0.15, 0.2) is 0 Å². The Hall–Kier alpha value is -2.53. The molecule has 3 rings (SSSR count). The maximum absolute atomic E-state index is 12.5. The predicted octanol–water partition coefficient (Wildman–Crippen LogP) is 3.19. The number of amides is 2. The van der Waals surface area contributed by atoms with E-state index in [1.807, 2.05) is 58.3 Å². The van der Waals surface area contributed by atoms with Crippen LogP contribution in [0, 0.1) is 0 Å². The molecule has 2 amide bonds. The molecule has 6 heteroatoms. The number of ether oxygens (including phenoxy) is 1. The Kier molecular flexibility index (Phi) is 6.93. The summed E-state index contributed by atoms with van der Waals surface area (Å²) in [5.41, 5.74) is 2.07. The number of piperazine rings is 1. The van der Waals surface area contributed by atoms with Crippen molar-refractivity contribution in [2.75, 3.05) is 33.3 Å². The van der Waals surface area contributed by atoms with E-state index in [1.165, 1.54) is 0 Å². The van der Waals surface area contributed by atoms with Crippen molar-refractivity contribution in [1.29, 1.82) is 0 Å². The smallest absolute Gasteiger partial charge is 0.227 e. The number of nitrogens with zero attached hydrogens (tertiary/aromatic N) is 2. The van der Waals surface area contributed by atoms with Crippen molar-refractivity contribution in [3.05, 3.63) is 64.7 Å². The molecule has 1 saturated heterocycles. The largest absolute Gasteiger partial charge is 0.497 e. The molecule has 1 aliphatic rings. The lowest BCUT2D eigenvalue weighted by Gasteiger charge is -2.35. The number of aryl methyl sites for hydroxylation is 1. The molecule has 0 aliphatic carbocycles. The first-order valence-electron chi connectivity index (χ1n) is 9.48. The summed E-state index contributed by atoms with van der Waals surface area (Å²) in [6, 6.07) is 15.1. The van der Waals surface area contributed by atoms with Crippen molar-refractivity contribution in [1.82, 2.24) is 9.80 Å². The summed E-state index contributed by atoms with van der Waals surface area (Å²) in [7, 11) is 1.62. The van der Waals surface area contributed by atoms with E-state index in [0.717, 1.165) is 16.9 Å². The van der Waals surface area contributed by atoms with Crippen molar-refractivity contribution < 1.29 is 14.3 Å². The Bertz CT molecular complexity index is 798. The first-order chi connectivity index (χ1) is 13.5. The molecule has 1 heterocycles. The van der Waals surface area contributed by atoms with Crippen LogP contribution in [0.1, 0.15) is 17.5 Å². The second-order valence-electron chi connectivity index (χ2n) is 6.91. The van der Waals surface area contributed by atoms with Crippen molar-refractivity contribution >= 4 is 23.4 Å². The van der Waals surface area contributed by atoms with E-state index in [9.17, 15) is 9.59 Å². The van der Waals surface area contributed by atoms with Crippen LogP contribution < -0.4 is 4.74 Å². The minimum absolute atomic E-state index is 0.0958. The van der Waals surface area contributed by atoms with Crippen molar-refractivity contribution in [2.24, 2.45) is 0 Å². The molecule has 1 fully saturated rings. The lowest BCUT2D eigenvalue weighted by Crippen LogP contribution is -2.51. The SMILES string of the molecule is COc1ccc(CC(=O)N2CCN(C(=O)CCc3ccc(Cl)cc3)CC2)cc1. The molecular weight excluding hydrogens is 376 g/mol. The van der Waals surface area contributed by atoms with Gasteiger partial charge in [-0.3, -0.25) is 9.59 Å². The van der Waals surface area contributed by atoms with E-state index < -0.39 is 0 Å². The highest BCUT2D eigenvalue weighted by Gasteiger charge is 2.23. The average Bonchev–Trinajstić information content (AvgIpc) is 2.73. The molecule has 0 N–H and O–H groups in total. The lowest BCUT2D eigenvalue weighted by molar-refractivity contribution is -0.139. The van der Waals surface area contributed by atoms with E-state index in [-0.39, 0.29) is 11.8 Å². The summed E-state index contributed by atoms with van der Waals surface area (Å²) in [5, 5.41) is 0.700. The molecule has 0 spiro atoms. The summed E-state index contributed by atoms with van der Waals surface area (Å²) in [6.45, 7) is 2.35. The second kappa shape index (κ2) is 9.60. The van der Waals surface area contributed by atoms with Crippen molar-refractivity contribution in [3.63, 3.8) is 0 Å². The fourth-order valence-electron chi connectivity index (χ4n) is 3.30. The van der Waals surface area contributed by atoms with Gasteiger partial charge >= 0.3 is 0 Å². The molecule has 0 atom stereocenters. The van der Waals surface area contributed by atoms with Crippen LogP contribution in [0.5, 0.6) is 5.75 Å². The van der Waals surface area contributed by atoms with Gasteiger partial charge in [-0.2, -0.15) is 0 Å². The Balaban J connectivity index is 1.43. The molecule has 2 aromatic carbocycles. The lowest BCUT2D eigenvalue weighted by atomic mass is 10.1. The van der Waals surface area contributed by atoms with Gasteiger partial charge in [0.05, 0.1) is 13.5 Å². The van der Waals surface area contributed by atoms with Gasteiger partial charge in [-0.1, -0.05) is 35.9 Å². The molecule has 0 unspecified atom stereocenters. The minimum Gasteiger partial charge on any atom is -0.497 e. The third kappa shape index (κ3) is 5.49. The number of benzene rings is 2. The van der Waals surface area contributed by atoms with Gasteiger partial charge in [0.25, 0.3) is 0 Å². The molecule has 0 radical (unpaired) electrons. The van der Waals surface area contributed by atoms with Gasteiger partial charge in [0, 0.05) is 37.6 Å². The zero-order valence-corrected chi connectivity index (χ0v) is 16.8. The van der Waals surface area contributed by atoms with E-state index in [1.54, 1.807) is 7.11 Å². The summed E-state index contributed by atoms with van der Waals surface area (Å²) in [6.07, 6.45) is 1.54. The molecule has 1 aliphatic heterocycles. The molecular formula is C22H25ClN2O3. The topological polar surface area (TPSA) is 49.9 Å². The molecule has 0 aromatic heterocycles. The third-order valence-electron chi connectivity index (χ3n) is 5.04. The second-order valence-corrected chi connectivity index (χ2v) is 7.35. The maximum Gasteiger partial charge on any atom is 0.227 e. The van der Waals surface area contributed by atoms with Crippen LogP contribution >= 0.6 is 11.6 Å². The van der Waals surface area contributed by atoms with Crippen molar-refractivity contribution in [2.45, 2.75) is 19.3 Å². The Morgan fingerprint density at radius 1 is 0.857 bits per heavy atom. The summed E-state index contributed by atoms with van der Waals surface area (Å²) >= 11 is 5.89. The van der Waals surface area contributed by atoms with E-state index in [0.29, 0.717) is 50.5 Å². The van der Waals surface area contributed by atoms with Gasteiger partial charge < -0.3 is 14.5 Å². The monoisotopic (exact) mass is 400 g/mol. The normalized spacial score (nSPS) is 14.1. The third-order valence-corrected chi connectivity index (χ3v) is 5.29. The fourth-order valence-corrected chi connectivity index (χ4v) is 3.42. The van der Waals surface area contributed by atoms with Crippen LogP contribution in [-0.4, -0.2) is 54.9 Å². The molecule has 28 heavy (non-hydrogen) atoms. The van der Waals surface area contributed by atoms with Gasteiger partial charge in [-0.15, -0.1) is 0 Å². The van der Waals surface area contributed by atoms with E-state index >= 15 is 0 Å². The van der Waals surface area contributed by atoms with Crippen LogP contribution in [0.4, 0.5) is 0 Å². The number of halogens is 1. The number of hydrogen-bond acceptors (Lipinski definition) is 3. The Labute approximate surface area is 170 Å². The first-order valence-corrected chi connectivity index (χ1v) is 9.86. The van der Waals surface area contributed by atoms with Crippen LogP contribution in [0.3, 0.4) is 0 Å². The first kappa shape index (κ1) is 20.2. The zero-order valence-electron chi connectivity index (χ0n) is 16.1. The predicted molar refractivity (Wildman–Crippen MR) is 110 cm³/mol. The number of carbonyl (C=O) groups excluding carboxylic acids is 2. The van der Waals surface area contributed by atoms with Crippen LogP contribution in [-0.2, 0) is 22.4 Å².